The highest BCUT2D eigenvalue weighted by Crippen LogP contribution is 2.44. The van der Waals surface area contributed by atoms with Gasteiger partial charge in [-0.1, -0.05) is 24.3 Å². The van der Waals surface area contributed by atoms with E-state index in [2.05, 4.69) is 10.00 Å². The molecule has 2 heterocycles. The van der Waals surface area contributed by atoms with E-state index in [0.29, 0.717) is 24.3 Å². The Bertz CT molecular complexity index is 1200. The largest absolute Gasteiger partial charge is 0.388 e. The standard InChI is InChI=1S/C24H29FN4O3/c1-5-27-22(13-30)26-29(24(27)32)21-11-20-17(10-19(21)25)23(31)18(12-28(20)14(2)3)16-9-7-6-8-15(16)4/h6-11,14,18,23,30-31H,5,12-13H2,1-4H3/t18-,23+/m1/s1. The zero-order valence-corrected chi connectivity index (χ0v) is 18.8. The highest BCUT2D eigenvalue weighted by molar-refractivity contribution is 5.64. The summed E-state index contributed by atoms with van der Waals surface area (Å²) in [6.45, 7) is 8.31. The quantitative estimate of drug-likeness (QED) is 0.637. The topological polar surface area (TPSA) is 83.5 Å². The Kier molecular flexibility index (Phi) is 5.92. The molecule has 3 aromatic rings. The third-order valence-electron chi connectivity index (χ3n) is 6.33. The predicted octanol–water partition coefficient (Wildman–Crippen LogP) is 3.04. The van der Waals surface area contributed by atoms with Gasteiger partial charge in [0.05, 0.1) is 6.10 Å². The summed E-state index contributed by atoms with van der Waals surface area (Å²) in [5.41, 5.74) is 2.77. The number of halogens is 1. The first-order chi connectivity index (χ1) is 15.3. The number of aromatic nitrogens is 3. The zero-order chi connectivity index (χ0) is 23.2. The van der Waals surface area contributed by atoms with Gasteiger partial charge in [-0.3, -0.25) is 4.57 Å². The minimum absolute atomic E-state index is 0.00263. The molecule has 32 heavy (non-hydrogen) atoms. The van der Waals surface area contributed by atoms with E-state index in [1.165, 1.54) is 10.6 Å². The van der Waals surface area contributed by atoms with Gasteiger partial charge in [0.25, 0.3) is 0 Å². The van der Waals surface area contributed by atoms with Crippen LogP contribution in [0.4, 0.5) is 10.1 Å². The third-order valence-corrected chi connectivity index (χ3v) is 6.33. The molecule has 0 fully saturated rings. The Balaban J connectivity index is 1.88. The lowest BCUT2D eigenvalue weighted by molar-refractivity contribution is 0.139. The summed E-state index contributed by atoms with van der Waals surface area (Å²) in [5, 5.41) is 24.9. The van der Waals surface area contributed by atoms with Crippen LogP contribution in [0.25, 0.3) is 5.69 Å². The van der Waals surface area contributed by atoms with E-state index in [9.17, 15) is 15.0 Å². The monoisotopic (exact) mass is 440 g/mol. The van der Waals surface area contributed by atoms with Crippen LogP contribution in [0.1, 0.15) is 55.3 Å². The van der Waals surface area contributed by atoms with Crippen LogP contribution < -0.4 is 10.6 Å². The molecule has 7 nitrogen and oxygen atoms in total. The maximum atomic E-state index is 15.3. The third kappa shape index (κ3) is 3.53. The lowest BCUT2D eigenvalue weighted by Crippen LogP contribution is -2.41. The van der Waals surface area contributed by atoms with E-state index in [1.807, 2.05) is 45.0 Å². The maximum absolute atomic E-state index is 15.3. The number of benzene rings is 2. The SMILES string of the molecule is CCn1c(CO)nn(-c2cc3c(cc2F)[C@H](O)[C@@H](c2ccccc2C)CN3C(C)C)c1=O. The van der Waals surface area contributed by atoms with E-state index >= 15 is 4.39 Å². The predicted molar refractivity (Wildman–Crippen MR) is 121 cm³/mol. The van der Waals surface area contributed by atoms with Crippen LogP contribution in [0.3, 0.4) is 0 Å². The van der Waals surface area contributed by atoms with Crippen molar-refractivity contribution in [2.75, 3.05) is 11.4 Å². The Hall–Kier alpha value is -2.97. The molecule has 2 aromatic carbocycles. The molecule has 0 radical (unpaired) electrons. The van der Waals surface area contributed by atoms with Crippen LogP contribution in [-0.4, -0.2) is 37.1 Å². The second-order valence-corrected chi connectivity index (χ2v) is 8.53. The van der Waals surface area contributed by atoms with E-state index < -0.39 is 24.2 Å². The first kappa shape index (κ1) is 22.2. The molecule has 8 heteroatoms. The number of aliphatic hydroxyl groups excluding tert-OH is 2. The first-order valence-electron chi connectivity index (χ1n) is 10.9. The molecule has 0 unspecified atom stereocenters. The molecule has 170 valence electrons. The molecular formula is C24H29FN4O3. The van der Waals surface area contributed by atoms with E-state index in [1.54, 1.807) is 13.0 Å². The molecule has 2 atom stereocenters. The van der Waals surface area contributed by atoms with Gasteiger partial charge in [-0.05, 0) is 51.0 Å². The number of aryl methyl sites for hydroxylation is 1. The van der Waals surface area contributed by atoms with Gasteiger partial charge in [0.2, 0.25) is 0 Å². The van der Waals surface area contributed by atoms with Gasteiger partial charge in [-0.25, -0.2) is 9.18 Å². The first-order valence-corrected chi connectivity index (χ1v) is 10.9. The molecule has 1 aromatic heterocycles. The molecule has 0 spiro atoms. The second-order valence-electron chi connectivity index (χ2n) is 8.53. The van der Waals surface area contributed by atoms with Crippen molar-refractivity contribution in [3.63, 3.8) is 0 Å². The van der Waals surface area contributed by atoms with Crippen molar-refractivity contribution >= 4 is 5.69 Å². The van der Waals surface area contributed by atoms with Crippen molar-refractivity contribution in [3.05, 3.63) is 75.2 Å². The molecule has 1 aliphatic heterocycles. The van der Waals surface area contributed by atoms with Gasteiger partial charge in [-0.15, -0.1) is 5.10 Å². The van der Waals surface area contributed by atoms with Crippen LogP contribution in [0.5, 0.6) is 0 Å². The van der Waals surface area contributed by atoms with Gasteiger partial charge in [0.1, 0.15) is 18.1 Å². The molecule has 0 aliphatic carbocycles. The van der Waals surface area contributed by atoms with Gasteiger partial charge >= 0.3 is 5.69 Å². The fourth-order valence-electron chi connectivity index (χ4n) is 4.63. The Labute approximate surface area is 186 Å². The van der Waals surface area contributed by atoms with Crippen molar-refractivity contribution < 1.29 is 14.6 Å². The van der Waals surface area contributed by atoms with Gasteiger partial charge in [0, 0.05) is 36.3 Å². The summed E-state index contributed by atoms with van der Waals surface area (Å²) in [6, 6.07) is 10.9. The molecule has 0 saturated carbocycles. The number of anilines is 1. The molecule has 0 saturated heterocycles. The van der Waals surface area contributed by atoms with Crippen molar-refractivity contribution in [3.8, 4) is 5.69 Å². The number of rotatable bonds is 5. The molecular weight excluding hydrogens is 411 g/mol. The van der Waals surface area contributed by atoms with Crippen LogP contribution in [0.15, 0.2) is 41.2 Å². The van der Waals surface area contributed by atoms with Crippen molar-refractivity contribution in [1.29, 1.82) is 0 Å². The van der Waals surface area contributed by atoms with Crippen molar-refractivity contribution in [1.82, 2.24) is 14.3 Å². The lowest BCUT2D eigenvalue weighted by Gasteiger charge is -2.42. The smallest absolute Gasteiger partial charge is 0.350 e. The molecule has 0 bridgehead atoms. The summed E-state index contributed by atoms with van der Waals surface area (Å²) in [5.74, 6) is -0.682. The van der Waals surface area contributed by atoms with Crippen molar-refractivity contribution in [2.24, 2.45) is 0 Å². The maximum Gasteiger partial charge on any atom is 0.350 e. The molecule has 2 N–H and O–H groups in total. The van der Waals surface area contributed by atoms with Crippen LogP contribution in [-0.2, 0) is 13.2 Å². The van der Waals surface area contributed by atoms with Crippen molar-refractivity contribution in [2.45, 2.75) is 58.9 Å². The highest BCUT2D eigenvalue weighted by Gasteiger charge is 2.36. The summed E-state index contributed by atoms with van der Waals surface area (Å²) in [7, 11) is 0. The molecule has 4 rings (SSSR count). The molecule has 0 amide bonds. The minimum Gasteiger partial charge on any atom is -0.388 e. The minimum atomic E-state index is -0.887. The average Bonchev–Trinajstić information content (AvgIpc) is 3.09. The fourth-order valence-corrected chi connectivity index (χ4v) is 4.63. The number of aliphatic hydroxyl groups is 2. The summed E-state index contributed by atoms with van der Waals surface area (Å²) in [6.07, 6.45) is -0.887. The van der Waals surface area contributed by atoms with E-state index in [4.69, 9.17) is 0 Å². The van der Waals surface area contributed by atoms with Crippen LogP contribution >= 0.6 is 0 Å². The average molecular weight is 441 g/mol. The van der Waals surface area contributed by atoms with E-state index in [-0.39, 0.29) is 23.5 Å². The Morgan fingerprint density at radius 1 is 1.19 bits per heavy atom. The summed E-state index contributed by atoms with van der Waals surface area (Å²) in [4.78, 5) is 14.9. The van der Waals surface area contributed by atoms with Gasteiger partial charge < -0.3 is 15.1 Å². The normalized spacial score (nSPS) is 18.3. The number of hydrogen-bond acceptors (Lipinski definition) is 5. The Morgan fingerprint density at radius 2 is 1.91 bits per heavy atom. The fraction of sp³-hybridized carbons (Fsp3) is 0.417. The number of nitrogens with zero attached hydrogens (tertiary/aromatic N) is 4. The van der Waals surface area contributed by atoms with Gasteiger partial charge in [-0.2, -0.15) is 4.68 Å². The summed E-state index contributed by atoms with van der Waals surface area (Å²) >= 11 is 0. The second kappa shape index (κ2) is 8.52. The molecule has 1 aliphatic rings. The summed E-state index contributed by atoms with van der Waals surface area (Å²) < 4.78 is 17.6. The lowest BCUT2D eigenvalue weighted by atomic mass is 9.82. The van der Waals surface area contributed by atoms with Crippen LogP contribution in [0.2, 0.25) is 0 Å². The number of fused-ring (bicyclic) bond motifs is 1. The Morgan fingerprint density at radius 3 is 2.50 bits per heavy atom. The van der Waals surface area contributed by atoms with Crippen LogP contribution in [0, 0.1) is 12.7 Å². The zero-order valence-electron chi connectivity index (χ0n) is 18.8. The number of hydrogen-bond donors (Lipinski definition) is 2. The van der Waals surface area contributed by atoms with Gasteiger partial charge in [0.15, 0.2) is 5.82 Å². The van der Waals surface area contributed by atoms with E-state index in [0.717, 1.165) is 15.8 Å². The highest BCUT2D eigenvalue weighted by atomic mass is 19.1.